The normalized spacial score (nSPS) is 16.0. The first-order valence-corrected chi connectivity index (χ1v) is 9.02. The van der Waals surface area contributed by atoms with Crippen molar-refractivity contribution in [1.82, 2.24) is 15.1 Å². The third kappa shape index (κ3) is 5.09. The van der Waals surface area contributed by atoms with Crippen LogP contribution in [0.15, 0.2) is 6.20 Å². The van der Waals surface area contributed by atoms with Crippen LogP contribution in [0.1, 0.15) is 53.5 Å². The summed E-state index contributed by atoms with van der Waals surface area (Å²) in [5, 5.41) is 18.3. The molecule has 9 heteroatoms. The highest BCUT2D eigenvalue weighted by Crippen LogP contribution is 2.33. The van der Waals surface area contributed by atoms with Crippen molar-refractivity contribution in [1.29, 1.82) is 0 Å². The average molecular weight is 367 g/mol. The maximum atomic E-state index is 11.8. The van der Waals surface area contributed by atoms with Gasteiger partial charge in [-0.2, -0.15) is 5.10 Å². The Labute approximate surface area is 153 Å². The van der Waals surface area contributed by atoms with Gasteiger partial charge in [0, 0.05) is 25.7 Å². The zero-order valence-electron chi connectivity index (χ0n) is 16.2. The molecule has 0 bridgehead atoms. The van der Waals surface area contributed by atoms with Crippen LogP contribution in [0.2, 0.25) is 0 Å². The molecule has 1 aliphatic rings. The van der Waals surface area contributed by atoms with E-state index in [1.165, 1.54) is 6.20 Å². The van der Waals surface area contributed by atoms with E-state index in [9.17, 15) is 14.9 Å². The molecule has 1 aromatic heterocycles. The fourth-order valence-corrected chi connectivity index (χ4v) is 3.05. The molecular formula is C17H29N5O4. The summed E-state index contributed by atoms with van der Waals surface area (Å²) >= 11 is 0. The summed E-state index contributed by atoms with van der Waals surface area (Å²) in [6.07, 6.45) is 2.60. The van der Waals surface area contributed by atoms with Crippen LogP contribution in [-0.2, 0) is 4.74 Å². The van der Waals surface area contributed by atoms with Gasteiger partial charge in [-0.25, -0.2) is 9.48 Å². The van der Waals surface area contributed by atoms with Gasteiger partial charge in [0.25, 0.3) is 0 Å². The Balaban J connectivity index is 1.94. The van der Waals surface area contributed by atoms with Crippen LogP contribution >= 0.6 is 0 Å². The number of nitrogens with zero attached hydrogens (tertiary/aromatic N) is 4. The minimum absolute atomic E-state index is 0.0454. The van der Waals surface area contributed by atoms with Crippen molar-refractivity contribution >= 4 is 17.6 Å². The quantitative estimate of drug-likeness (QED) is 0.633. The lowest BCUT2D eigenvalue weighted by Crippen LogP contribution is -2.41. The summed E-state index contributed by atoms with van der Waals surface area (Å²) in [6.45, 7) is 11.3. The number of anilines is 1. The summed E-state index contributed by atoms with van der Waals surface area (Å²) in [5.41, 5.74) is -0.467. The highest BCUT2D eigenvalue weighted by atomic mass is 16.6. The van der Waals surface area contributed by atoms with E-state index in [2.05, 4.69) is 10.4 Å². The number of piperidine rings is 1. The second-order valence-corrected chi connectivity index (χ2v) is 7.96. The first-order valence-electron chi connectivity index (χ1n) is 9.02. The Bertz CT molecular complexity index is 642. The number of nitro groups is 1. The van der Waals surface area contributed by atoms with Gasteiger partial charge in [-0.1, -0.05) is 0 Å². The van der Waals surface area contributed by atoms with Crippen LogP contribution in [0.4, 0.5) is 16.3 Å². The lowest BCUT2D eigenvalue weighted by Gasteiger charge is -2.33. The molecule has 1 fully saturated rings. The first kappa shape index (κ1) is 20.0. The van der Waals surface area contributed by atoms with Crippen molar-refractivity contribution in [2.75, 3.05) is 24.5 Å². The highest BCUT2D eigenvalue weighted by Gasteiger charge is 2.30. The molecule has 2 heterocycles. The second-order valence-electron chi connectivity index (χ2n) is 7.96. The lowest BCUT2D eigenvalue weighted by atomic mass is 9.97. The Morgan fingerprint density at radius 3 is 2.54 bits per heavy atom. The third-order valence-electron chi connectivity index (χ3n) is 4.28. The standard InChI is InChI=1S/C17H29N5O4/c1-12(2)21-15(14(11-19-21)22(24)25)20-8-6-13(7-9-20)10-18-16(23)26-17(3,4)5/h11-13H,6-10H2,1-5H3,(H,18,23). The molecular weight excluding hydrogens is 338 g/mol. The maximum Gasteiger partial charge on any atom is 0.407 e. The Hall–Kier alpha value is -2.32. The Morgan fingerprint density at radius 2 is 2.04 bits per heavy atom. The van der Waals surface area contributed by atoms with Crippen LogP contribution in [0.5, 0.6) is 0 Å². The number of carbonyl (C=O) groups excluding carboxylic acids is 1. The van der Waals surface area contributed by atoms with Gasteiger partial charge in [-0.15, -0.1) is 0 Å². The molecule has 26 heavy (non-hydrogen) atoms. The SMILES string of the molecule is CC(C)n1ncc([N+](=O)[O-])c1N1CCC(CNC(=O)OC(C)(C)C)CC1. The van der Waals surface area contributed by atoms with E-state index in [0.717, 1.165) is 12.8 Å². The molecule has 0 saturated carbocycles. The Kier molecular flexibility index (Phi) is 6.09. The fourth-order valence-electron chi connectivity index (χ4n) is 3.05. The largest absolute Gasteiger partial charge is 0.444 e. The van der Waals surface area contributed by atoms with Gasteiger partial charge in [0.05, 0.1) is 4.92 Å². The molecule has 1 aromatic rings. The van der Waals surface area contributed by atoms with Crippen molar-refractivity contribution in [2.45, 2.75) is 59.1 Å². The van der Waals surface area contributed by atoms with E-state index < -0.39 is 11.7 Å². The number of aromatic nitrogens is 2. The zero-order chi connectivity index (χ0) is 19.5. The maximum absolute atomic E-state index is 11.8. The van der Waals surface area contributed by atoms with E-state index in [1.54, 1.807) is 4.68 Å². The molecule has 0 unspecified atom stereocenters. The average Bonchev–Trinajstić information content (AvgIpc) is 2.97. The van der Waals surface area contributed by atoms with E-state index in [0.29, 0.717) is 31.4 Å². The van der Waals surface area contributed by atoms with Gasteiger partial charge >= 0.3 is 11.8 Å². The number of hydrogen-bond donors (Lipinski definition) is 1. The molecule has 0 aliphatic carbocycles. The number of rotatable bonds is 5. The number of ether oxygens (including phenoxy) is 1. The smallest absolute Gasteiger partial charge is 0.407 e. The van der Waals surface area contributed by atoms with Crippen molar-refractivity contribution in [3.8, 4) is 0 Å². The highest BCUT2D eigenvalue weighted by molar-refractivity contribution is 5.67. The molecule has 1 N–H and O–H groups in total. The molecule has 2 rings (SSSR count). The predicted molar refractivity (Wildman–Crippen MR) is 98.4 cm³/mol. The summed E-state index contributed by atoms with van der Waals surface area (Å²) in [4.78, 5) is 24.7. The summed E-state index contributed by atoms with van der Waals surface area (Å²) < 4.78 is 6.95. The first-order chi connectivity index (χ1) is 12.1. The fraction of sp³-hybridized carbons (Fsp3) is 0.765. The van der Waals surface area contributed by atoms with Crippen molar-refractivity contribution in [2.24, 2.45) is 5.92 Å². The minimum atomic E-state index is -0.512. The summed E-state index contributed by atoms with van der Waals surface area (Å²) in [6, 6.07) is 0.0465. The van der Waals surface area contributed by atoms with Crippen LogP contribution in [-0.4, -0.2) is 46.0 Å². The summed E-state index contributed by atoms with van der Waals surface area (Å²) in [7, 11) is 0. The number of amides is 1. The van der Waals surface area contributed by atoms with Gasteiger partial charge in [0.2, 0.25) is 5.82 Å². The van der Waals surface area contributed by atoms with Gasteiger partial charge in [0.1, 0.15) is 11.8 Å². The molecule has 0 aromatic carbocycles. The topological polar surface area (TPSA) is 103 Å². The molecule has 0 spiro atoms. The second kappa shape index (κ2) is 7.92. The molecule has 146 valence electrons. The van der Waals surface area contributed by atoms with Crippen LogP contribution in [0.3, 0.4) is 0 Å². The Morgan fingerprint density at radius 1 is 1.42 bits per heavy atom. The van der Waals surface area contributed by atoms with E-state index in [4.69, 9.17) is 4.74 Å². The number of carbonyl (C=O) groups is 1. The van der Waals surface area contributed by atoms with E-state index >= 15 is 0 Å². The van der Waals surface area contributed by atoms with Crippen LogP contribution < -0.4 is 10.2 Å². The zero-order valence-corrected chi connectivity index (χ0v) is 16.2. The minimum Gasteiger partial charge on any atom is -0.444 e. The molecule has 0 radical (unpaired) electrons. The lowest BCUT2D eigenvalue weighted by molar-refractivity contribution is -0.384. The number of nitrogens with one attached hydrogen (secondary N) is 1. The monoisotopic (exact) mass is 367 g/mol. The molecule has 1 aliphatic heterocycles. The van der Waals surface area contributed by atoms with Crippen molar-refractivity contribution < 1.29 is 14.5 Å². The molecule has 1 amide bonds. The van der Waals surface area contributed by atoms with Crippen molar-refractivity contribution in [3.63, 3.8) is 0 Å². The molecule has 1 saturated heterocycles. The molecule has 9 nitrogen and oxygen atoms in total. The van der Waals surface area contributed by atoms with E-state index in [1.807, 2.05) is 39.5 Å². The molecule has 0 atom stereocenters. The van der Waals surface area contributed by atoms with Gasteiger partial charge in [0.15, 0.2) is 0 Å². The van der Waals surface area contributed by atoms with E-state index in [-0.39, 0.29) is 16.7 Å². The van der Waals surface area contributed by atoms with Gasteiger partial charge in [-0.05, 0) is 53.4 Å². The summed E-state index contributed by atoms with van der Waals surface area (Å²) in [5.74, 6) is 0.900. The van der Waals surface area contributed by atoms with Crippen LogP contribution in [0.25, 0.3) is 0 Å². The number of hydrogen-bond acceptors (Lipinski definition) is 6. The van der Waals surface area contributed by atoms with Crippen LogP contribution in [0, 0.1) is 16.0 Å². The van der Waals surface area contributed by atoms with Crippen molar-refractivity contribution in [3.05, 3.63) is 16.3 Å². The predicted octanol–water partition coefficient (Wildman–Crippen LogP) is 3.11. The van der Waals surface area contributed by atoms with Gasteiger partial charge < -0.3 is 15.0 Å². The van der Waals surface area contributed by atoms with Gasteiger partial charge in [-0.3, -0.25) is 10.1 Å². The third-order valence-corrected chi connectivity index (χ3v) is 4.28. The number of alkyl carbamates (subject to hydrolysis) is 1.